The van der Waals surface area contributed by atoms with Gasteiger partial charge in [0.15, 0.2) is 5.01 Å². The lowest BCUT2D eigenvalue weighted by atomic mass is 10.1. The number of esters is 1. The molecule has 1 N–H and O–H groups in total. The quantitative estimate of drug-likeness (QED) is 0.345. The molecule has 0 bridgehead atoms. The molecule has 0 radical (unpaired) electrons. The highest BCUT2D eigenvalue weighted by Crippen LogP contribution is 2.24. The van der Waals surface area contributed by atoms with Gasteiger partial charge in [0.2, 0.25) is 0 Å². The second kappa shape index (κ2) is 7.44. The number of rotatable bonds is 6. The number of alkyl halides is 2. The minimum Gasteiger partial charge on any atom is -0.508 e. The first-order valence-electron chi connectivity index (χ1n) is 5.30. The summed E-state index contributed by atoms with van der Waals surface area (Å²) in [7, 11) is 0. The summed E-state index contributed by atoms with van der Waals surface area (Å²) >= 11 is 6.26. The molecule has 0 amide bonds. The number of halogens is 2. The average molecular weight is 397 g/mol. The van der Waals surface area contributed by atoms with Gasteiger partial charge in [-0.2, -0.15) is 0 Å². The molecule has 0 saturated heterocycles. The zero-order chi connectivity index (χ0) is 14.4. The summed E-state index contributed by atoms with van der Waals surface area (Å²) in [6.45, 7) is 0. The van der Waals surface area contributed by atoms with E-state index in [1.54, 1.807) is 0 Å². The van der Waals surface area contributed by atoms with Gasteiger partial charge in [-0.05, 0) is 28.4 Å². The van der Waals surface area contributed by atoms with Crippen molar-refractivity contribution in [2.24, 2.45) is 0 Å². The predicted octanol–water partition coefficient (Wildman–Crippen LogP) is 2.89. The summed E-state index contributed by atoms with van der Waals surface area (Å²) in [5, 5.41) is 20.2. The zero-order valence-electron chi connectivity index (χ0n) is 9.71. The van der Waals surface area contributed by atoms with Crippen LogP contribution in [0.5, 0.6) is 5.75 Å². The van der Waals surface area contributed by atoms with E-state index in [-0.39, 0.29) is 24.3 Å². The van der Waals surface area contributed by atoms with Crippen LogP contribution in [-0.2, 0) is 16.0 Å². The van der Waals surface area contributed by atoms with Crippen LogP contribution in [0, 0.1) is 10.1 Å². The van der Waals surface area contributed by atoms with Crippen LogP contribution in [-0.4, -0.2) is 26.3 Å². The van der Waals surface area contributed by atoms with Crippen LogP contribution in [0.2, 0.25) is 0 Å². The van der Waals surface area contributed by atoms with Crippen molar-refractivity contribution >= 4 is 43.5 Å². The maximum absolute atomic E-state index is 11.4. The van der Waals surface area contributed by atoms with Crippen LogP contribution >= 0.6 is 31.9 Å². The molecule has 104 valence electrons. The van der Waals surface area contributed by atoms with Crippen LogP contribution in [0.15, 0.2) is 18.2 Å². The Labute approximate surface area is 126 Å². The Morgan fingerprint density at radius 1 is 1.53 bits per heavy atom. The maximum atomic E-state index is 11.4. The third-order valence-electron chi connectivity index (χ3n) is 2.25. The Morgan fingerprint density at radius 2 is 2.21 bits per heavy atom. The van der Waals surface area contributed by atoms with Gasteiger partial charge in [0.1, 0.15) is 5.75 Å². The minimum absolute atomic E-state index is 0.0316. The molecule has 0 spiro atoms. The molecule has 1 atom stereocenters. The third-order valence-corrected chi connectivity index (χ3v) is 4.22. The van der Waals surface area contributed by atoms with E-state index in [2.05, 4.69) is 31.9 Å². The van der Waals surface area contributed by atoms with Crippen LogP contribution in [0.1, 0.15) is 12.0 Å². The lowest BCUT2D eigenvalue weighted by molar-refractivity contribution is -0.384. The highest BCUT2D eigenvalue weighted by Gasteiger charge is 2.14. The smallest absolute Gasteiger partial charge is 0.307 e. The highest BCUT2D eigenvalue weighted by atomic mass is 79.9. The Kier molecular flexibility index (Phi) is 6.23. The molecule has 6 nitrogen and oxygen atoms in total. The van der Waals surface area contributed by atoms with Crippen LogP contribution in [0.3, 0.4) is 0 Å². The summed E-state index contributed by atoms with van der Waals surface area (Å²) in [5.41, 5.74) is 0.219. The van der Waals surface area contributed by atoms with E-state index in [4.69, 9.17) is 4.74 Å². The van der Waals surface area contributed by atoms with Gasteiger partial charge in [0.05, 0.1) is 10.3 Å². The highest BCUT2D eigenvalue weighted by molar-refractivity contribution is 9.12. The zero-order valence-corrected chi connectivity index (χ0v) is 12.9. The van der Waals surface area contributed by atoms with Crippen molar-refractivity contribution < 1.29 is 19.6 Å². The lowest BCUT2D eigenvalue weighted by Crippen LogP contribution is -2.13. The number of benzene rings is 1. The number of nitro groups is 1. The molecule has 0 aliphatic rings. The lowest BCUT2D eigenvalue weighted by Gasteiger charge is -2.09. The Bertz CT molecular complexity index is 480. The number of nitro benzene ring substituents is 1. The molecular weight excluding hydrogens is 386 g/mol. The van der Waals surface area contributed by atoms with E-state index in [0.29, 0.717) is 10.9 Å². The summed E-state index contributed by atoms with van der Waals surface area (Å²) in [4.78, 5) is 21.5. The number of carbonyl (C=O) groups is 1. The number of nitrogens with zero attached hydrogens (tertiary/aromatic N) is 1. The average Bonchev–Trinajstić information content (AvgIpc) is 2.37. The van der Waals surface area contributed by atoms with Crippen molar-refractivity contribution in [3.05, 3.63) is 33.9 Å². The normalized spacial score (nSPS) is 11.9. The minimum atomic E-state index is -0.555. The molecule has 0 heterocycles. The summed E-state index contributed by atoms with van der Waals surface area (Å²) in [6.07, 6.45) is 0.207. The third kappa shape index (κ3) is 5.15. The number of phenolic OH excluding ortho intramolecular Hbond substituents is 1. The van der Waals surface area contributed by atoms with Crippen molar-refractivity contribution in [1.29, 1.82) is 0 Å². The van der Waals surface area contributed by atoms with Crippen LogP contribution in [0.25, 0.3) is 0 Å². The molecule has 0 saturated carbocycles. The van der Waals surface area contributed by atoms with Gasteiger partial charge in [-0.15, -0.1) is 0 Å². The van der Waals surface area contributed by atoms with E-state index < -0.39 is 15.9 Å². The second-order valence-electron chi connectivity index (χ2n) is 3.62. The predicted molar refractivity (Wildman–Crippen MR) is 75.7 cm³/mol. The summed E-state index contributed by atoms with van der Waals surface area (Å²) in [5.74, 6) is -0.526. The van der Waals surface area contributed by atoms with Gasteiger partial charge in [0, 0.05) is 24.1 Å². The number of phenols is 1. The number of hydrogen-bond donors (Lipinski definition) is 1. The molecule has 8 heteroatoms. The monoisotopic (exact) mass is 395 g/mol. The van der Waals surface area contributed by atoms with Gasteiger partial charge < -0.3 is 9.84 Å². The number of carbonyl (C=O) groups excluding carboxylic acids is 1. The van der Waals surface area contributed by atoms with E-state index >= 15 is 0 Å². The fourth-order valence-corrected chi connectivity index (χ4v) is 1.70. The number of aryl methyl sites for hydroxylation is 1. The van der Waals surface area contributed by atoms with Crippen molar-refractivity contribution in [1.82, 2.24) is 0 Å². The van der Waals surface area contributed by atoms with Gasteiger partial charge >= 0.3 is 5.97 Å². The first kappa shape index (κ1) is 15.9. The summed E-state index contributed by atoms with van der Waals surface area (Å²) < 4.78 is 4.95. The van der Waals surface area contributed by atoms with Crippen molar-refractivity contribution in [3.63, 3.8) is 0 Å². The van der Waals surface area contributed by atoms with Crippen molar-refractivity contribution in [2.45, 2.75) is 17.9 Å². The SMILES string of the molecule is O=C(CCc1cc([N+](=O)[O-])ccc1O)OC(Br)CBr. The molecule has 0 fully saturated rings. The molecule has 0 aliphatic carbocycles. The fraction of sp³-hybridized carbons (Fsp3) is 0.364. The standard InChI is InChI=1S/C11H11Br2NO5/c12-6-10(13)19-11(16)4-1-7-5-8(14(17)18)2-3-9(7)15/h2-3,5,10,15H,1,4,6H2. The van der Waals surface area contributed by atoms with E-state index in [1.165, 1.54) is 18.2 Å². The first-order chi connectivity index (χ1) is 8.93. The molecule has 1 aromatic carbocycles. The van der Waals surface area contributed by atoms with Crippen molar-refractivity contribution in [3.8, 4) is 5.75 Å². The Balaban J connectivity index is 2.64. The van der Waals surface area contributed by atoms with Crippen molar-refractivity contribution in [2.75, 3.05) is 5.33 Å². The van der Waals surface area contributed by atoms with Gasteiger partial charge in [0.25, 0.3) is 5.69 Å². The molecule has 1 rings (SSSR count). The molecule has 0 aromatic heterocycles. The van der Waals surface area contributed by atoms with E-state index in [1.807, 2.05) is 0 Å². The second-order valence-corrected chi connectivity index (χ2v) is 5.29. The Hall–Kier alpha value is -1.15. The molecule has 1 unspecified atom stereocenters. The number of non-ortho nitro benzene ring substituents is 1. The van der Waals surface area contributed by atoms with E-state index in [0.717, 1.165) is 0 Å². The largest absolute Gasteiger partial charge is 0.508 e. The van der Waals surface area contributed by atoms with E-state index in [9.17, 15) is 20.0 Å². The molecule has 0 aliphatic heterocycles. The number of aromatic hydroxyl groups is 1. The fourth-order valence-electron chi connectivity index (χ4n) is 1.36. The number of hydrogen-bond acceptors (Lipinski definition) is 5. The molecule has 19 heavy (non-hydrogen) atoms. The van der Waals surface area contributed by atoms with Gasteiger partial charge in [-0.3, -0.25) is 14.9 Å². The van der Waals surface area contributed by atoms with Gasteiger partial charge in [-0.1, -0.05) is 15.9 Å². The maximum Gasteiger partial charge on any atom is 0.307 e. The number of ether oxygens (including phenoxy) is 1. The van der Waals surface area contributed by atoms with Crippen LogP contribution in [0.4, 0.5) is 5.69 Å². The van der Waals surface area contributed by atoms with Crippen LogP contribution < -0.4 is 0 Å². The molecule has 1 aromatic rings. The topological polar surface area (TPSA) is 89.7 Å². The summed E-state index contributed by atoms with van der Waals surface area (Å²) in [6, 6.07) is 3.69. The Morgan fingerprint density at radius 3 is 2.79 bits per heavy atom. The first-order valence-corrected chi connectivity index (χ1v) is 7.33. The molecular formula is C11H11Br2NO5. The van der Waals surface area contributed by atoms with Gasteiger partial charge in [-0.25, -0.2) is 0 Å².